The number of aliphatic hydroxyl groups is 2. The van der Waals surface area contributed by atoms with Crippen LogP contribution in [0.3, 0.4) is 0 Å². The van der Waals surface area contributed by atoms with Crippen molar-refractivity contribution in [1.82, 2.24) is 19.5 Å². The first-order valence-corrected chi connectivity index (χ1v) is 14.2. The summed E-state index contributed by atoms with van der Waals surface area (Å²) in [7, 11) is -16.7. The van der Waals surface area contributed by atoms with Crippen molar-refractivity contribution < 1.29 is 61.4 Å². The standard InChI is InChI=1S/C12H20N5O13P3S/c13-10-7-11(15-4-14-10)17(6(16-7)1-2-34)12-9(19)8(18)5(28-12)3-27-32(23,24)30-33(25,26)29-31(20,21)22/h4-5,8-9,12,18-19,34H,1-3H2,(H,23,24)(H,25,26)(H2,13,14,15)(H2,20,21,22)/t5-,8?,9?,12-/m1/s1. The van der Waals surface area contributed by atoms with E-state index < -0.39 is 54.6 Å². The van der Waals surface area contributed by atoms with Gasteiger partial charge in [0.2, 0.25) is 0 Å². The van der Waals surface area contributed by atoms with Crippen molar-refractivity contribution in [3.63, 3.8) is 0 Å². The predicted molar refractivity (Wildman–Crippen MR) is 113 cm³/mol. The maximum atomic E-state index is 11.9. The zero-order chi connectivity index (χ0) is 25.5. The van der Waals surface area contributed by atoms with Gasteiger partial charge in [-0.1, -0.05) is 0 Å². The third-order valence-electron chi connectivity index (χ3n) is 4.32. The number of nitrogens with zero attached hydrogens (tertiary/aromatic N) is 4. The van der Waals surface area contributed by atoms with Crippen molar-refractivity contribution in [3.8, 4) is 0 Å². The summed E-state index contributed by atoms with van der Waals surface area (Å²) in [5, 5.41) is 20.9. The van der Waals surface area contributed by atoms with E-state index in [-0.39, 0.29) is 23.4 Å². The Labute approximate surface area is 195 Å². The molecule has 18 nitrogen and oxygen atoms in total. The molecule has 6 atom stereocenters. The molecule has 1 fully saturated rings. The fourth-order valence-electron chi connectivity index (χ4n) is 3.07. The molecule has 192 valence electrons. The number of thiol groups is 1. The van der Waals surface area contributed by atoms with Crippen LogP contribution < -0.4 is 5.73 Å². The van der Waals surface area contributed by atoms with Gasteiger partial charge in [-0.05, 0) is 5.75 Å². The molecule has 34 heavy (non-hydrogen) atoms. The van der Waals surface area contributed by atoms with Crippen LogP contribution in [0.25, 0.3) is 11.2 Å². The molecule has 0 aliphatic carbocycles. The first kappa shape index (κ1) is 27.6. The third kappa shape index (κ3) is 6.40. The van der Waals surface area contributed by atoms with Crippen molar-refractivity contribution in [1.29, 1.82) is 0 Å². The van der Waals surface area contributed by atoms with Gasteiger partial charge in [0.1, 0.15) is 30.5 Å². The number of fused-ring (bicyclic) bond motifs is 1. The Bertz CT molecular complexity index is 1190. The molecule has 0 saturated carbocycles. The number of hydrogen-bond acceptors (Lipinski definition) is 14. The van der Waals surface area contributed by atoms with E-state index in [2.05, 4.69) is 40.7 Å². The van der Waals surface area contributed by atoms with Crippen LogP contribution in [0.5, 0.6) is 0 Å². The van der Waals surface area contributed by atoms with Gasteiger partial charge in [-0.2, -0.15) is 21.3 Å². The van der Waals surface area contributed by atoms with Crippen LogP contribution in [0.15, 0.2) is 6.33 Å². The molecule has 0 amide bonds. The molecule has 0 radical (unpaired) electrons. The highest BCUT2D eigenvalue weighted by molar-refractivity contribution is 7.80. The Morgan fingerprint density at radius 2 is 1.76 bits per heavy atom. The second kappa shape index (κ2) is 10.2. The van der Waals surface area contributed by atoms with Crippen LogP contribution in [0, 0.1) is 0 Å². The molecule has 1 saturated heterocycles. The summed E-state index contributed by atoms with van der Waals surface area (Å²) >= 11 is 4.14. The van der Waals surface area contributed by atoms with E-state index in [0.29, 0.717) is 11.6 Å². The lowest BCUT2D eigenvalue weighted by molar-refractivity contribution is -0.0514. The number of aliphatic hydroxyl groups excluding tert-OH is 2. The zero-order valence-corrected chi connectivity index (χ0v) is 20.3. The molecular formula is C12H20N5O13P3S. The summed E-state index contributed by atoms with van der Waals surface area (Å²) in [5.74, 6) is 0.695. The number of aromatic nitrogens is 4. The average Bonchev–Trinajstić information content (AvgIpc) is 3.16. The Morgan fingerprint density at radius 3 is 2.38 bits per heavy atom. The molecule has 3 rings (SSSR count). The second-order valence-corrected chi connectivity index (χ2v) is 11.6. The monoisotopic (exact) mass is 567 g/mol. The first-order chi connectivity index (χ1) is 15.6. The maximum Gasteiger partial charge on any atom is 0.490 e. The van der Waals surface area contributed by atoms with Gasteiger partial charge in [0.15, 0.2) is 23.2 Å². The number of anilines is 1. The molecule has 3 heterocycles. The Morgan fingerprint density at radius 1 is 1.09 bits per heavy atom. The highest BCUT2D eigenvalue weighted by Crippen LogP contribution is 2.66. The molecule has 2 aromatic heterocycles. The van der Waals surface area contributed by atoms with Crippen LogP contribution in [0.2, 0.25) is 0 Å². The lowest BCUT2D eigenvalue weighted by atomic mass is 10.1. The Kier molecular flexibility index (Phi) is 8.24. The normalized spacial score (nSPS) is 27.0. The summed E-state index contributed by atoms with van der Waals surface area (Å²) in [6.45, 7) is -0.968. The van der Waals surface area contributed by atoms with Crippen molar-refractivity contribution in [2.75, 3.05) is 18.1 Å². The van der Waals surface area contributed by atoms with E-state index in [1.165, 1.54) is 4.57 Å². The van der Waals surface area contributed by atoms with E-state index in [1.54, 1.807) is 0 Å². The largest absolute Gasteiger partial charge is 0.490 e. The van der Waals surface area contributed by atoms with Gasteiger partial charge in [0.25, 0.3) is 0 Å². The average molecular weight is 567 g/mol. The van der Waals surface area contributed by atoms with Crippen molar-refractivity contribution in [2.24, 2.45) is 0 Å². The summed E-state index contributed by atoms with van der Waals surface area (Å²) < 4.78 is 52.6. The van der Waals surface area contributed by atoms with Crippen molar-refractivity contribution in [2.45, 2.75) is 31.0 Å². The van der Waals surface area contributed by atoms with E-state index in [0.717, 1.165) is 6.33 Å². The van der Waals surface area contributed by atoms with Crippen LogP contribution >= 0.6 is 36.1 Å². The number of rotatable bonds is 10. The van der Waals surface area contributed by atoms with E-state index in [1.807, 2.05) is 0 Å². The SMILES string of the molecule is Nc1ncnc2c1nc(CCS)n2[C@@H]1O[C@H](COP(=O)(O)OP(=O)(O)OP(=O)(O)O)C(O)C1O. The lowest BCUT2D eigenvalue weighted by Crippen LogP contribution is -2.34. The summed E-state index contributed by atoms with van der Waals surface area (Å²) in [6.07, 6.45) is -4.71. The first-order valence-electron chi connectivity index (χ1n) is 9.02. The van der Waals surface area contributed by atoms with Gasteiger partial charge in [-0.25, -0.2) is 28.6 Å². The van der Waals surface area contributed by atoms with E-state index >= 15 is 0 Å². The molecule has 1 aliphatic heterocycles. The summed E-state index contributed by atoms with van der Waals surface area (Å²) in [5.41, 5.74) is 6.17. The minimum atomic E-state index is -5.72. The summed E-state index contributed by atoms with van der Waals surface area (Å²) in [6, 6.07) is 0. The molecule has 8 N–H and O–H groups in total. The third-order valence-corrected chi connectivity index (χ3v) is 8.35. The predicted octanol–water partition coefficient (Wildman–Crippen LogP) is -1.16. The number of imidazole rings is 1. The maximum absolute atomic E-state index is 11.9. The quantitative estimate of drug-likeness (QED) is 0.124. The minimum absolute atomic E-state index is 0.0430. The fraction of sp³-hybridized carbons (Fsp3) is 0.583. The molecule has 0 spiro atoms. The number of phosphoric acid groups is 3. The highest BCUT2D eigenvalue weighted by atomic mass is 32.1. The smallest absolute Gasteiger partial charge is 0.387 e. The molecule has 4 unspecified atom stereocenters. The van der Waals surface area contributed by atoms with Crippen LogP contribution in [0.4, 0.5) is 5.82 Å². The number of aryl methyl sites for hydroxylation is 1. The molecule has 0 bridgehead atoms. The molecular weight excluding hydrogens is 547 g/mol. The highest BCUT2D eigenvalue weighted by Gasteiger charge is 2.47. The van der Waals surface area contributed by atoms with Gasteiger partial charge in [0, 0.05) is 6.42 Å². The number of hydrogen-bond donors (Lipinski definition) is 8. The lowest BCUT2D eigenvalue weighted by Gasteiger charge is -2.20. The van der Waals surface area contributed by atoms with Crippen LogP contribution in [0.1, 0.15) is 12.1 Å². The van der Waals surface area contributed by atoms with Crippen LogP contribution in [-0.4, -0.2) is 80.0 Å². The molecule has 0 aromatic carbocycles. The van der Waals surface area contributed by atoms with Crippen LogP contribution in [-0.2, 0) is 38.0 Å². The fourth-order valence-corrected chi connectivity index (χ4v) is 6.30. The number of nitrogen functional groups attached to an aromatic ring is 1. The minimum Gasteiger partial charge on any atom is -0.387 e. The molecule has 22 heteroatoms. The van der Waals surface area contributed by atoms with Crippen molar-refractivity contribution >= 4 is 53.1 Å². The summed E-state index contributed by atoms with van der Waals surface area (Å²) in [4.78, 5) is 48.1. The topological polar surface area (TPSA) is 279 Å². The second-order valence-electron chi connectivity index (χ2n) is 6.74. The van der Waals surface area contributed by atoms with Gasteiger partial charge >= 0.3 is 23.5 Å². The molecule has 1 aliphatic rings. The number of nitrogens with two attached hydrogens (primary N) is 1. The number of phosphoric ester groups is 1. The Balaban J connectivity index is 1.78. The van der Waals surface area contributed by atoms with Crippen molar-refractivity contribution in [3.05, 3.63) is 12.2 Å². The van der Waals surface area contributed by atoms with Gasteiger partial charge in [0.05, 0.1) is 6.61 Å². The Hall–Kier alpha value is -1.01. The van der Waals surface area contributed by atoms with E-state index in [4.69, 9.17) is 20.3 Å². The van der Waals surface area contributed by atoms with E-state index in [9.17, 15) is 33.7 Å². The molecule has 2 aromatic rings. The zero-order valence-electron chi connectivity index (χ0n) is 16.7. The number of ether oxygens (including phenoxy) is 1. The van der Waals surface area contributed by atoms with Gasteiger partial charge < -0.3 is 40.3 Å². The van der Waals surface area contributed by atoms with Gasteiger partial charge in [-0.15, -0.1) is 0 Å². The van der Waals surface area contributed by atoms with Gasteiger partial charge in [-0.3, -0.25) is 9.09 Å².